The van der Waals surface area contributed by atoms with Crippen molar-refractivity contribution in [1.82, 2.24) is 5.32 Å². The molecule has 0 heterocycles. The quantitative estimate of drug-likeness (QED) is 0.858. The Balaban J connectivity index is 2.52. The van der Waals surface area contributed by atoms with Gasteiger partial charge in [-0.15, -0.1) is 0 Å². The first-order valence-corrected chi connectivity index (χ1v) is 6.45. The summed E-state index contributed by atoms with van der Waals surface area (Å²) in [5, 5.41) is 2.88. The number of rotatable bonds is 4. The highest BCUT2D eigenvalue weighted by Crippen LogP contribution is 2.17. The molecule has 0 radical (unpaired) electrons. The maximum atomic E-state index is 11.9. The third-order valence-corrected chi connectivity index (χ3v) is 3.11. The fourth-order valence-electron chi connectivity index (χ4n) is 1.59. The highest BCUT2D eigenvalue weighted by Gasteiger charge is 2.26. The van der Waals surface area contributed by atoms with Crippen molar-refractivity contribution in [1.29, 1.82) is 0 Å². The minimum atomic E-state index is -0.479. The van der Waals surface area contributed by atoms with Gasteiger partial charge in [0.15, 0.2) is 0 Å². The molecular formula is C15H24N2O. The molecule has 0 aliphatic heterocycles. The Morgan fingerprint density at radius 2 is 1.72 bits per heavy atom. The van der Waals surface area contributed by atoms with Crippen molar-refractivity contribution in [3.8, 4) is 0 Å². The number of hydrogen-bond acceptors (Lipinski definition) is 2. The smallest absolute Gasteiger partial charge is 0.237 e. The largest absolute Gasteiger partial charge is 0.351 e. The van der Waals surface area contributed by atoms with Gasteiger partial charge in [-0.1, -0.05) is 52.0 Å². The summed E-state index contributed by atoms with van der Waals surface area (Å²) in [6.07, 6.45) is 1.03. The van der Waals surface area contributed by atoms with Gasteiger partial charge in [0.1, 0.15) is 0 Å². The average Bonchev–Trinajstić information content (AvgIpc) is 2.34. The molecular weight excluding hydrogens is 224 g/mol. The van der Waals surface area contributed by atoms with E-state index in [9.17, 15) is 4.79 Å². The van der Waals surface area contributed by atoms with Crippen LogP contribution < -0.4 is 11.1 Å². The highest BCUT2D eigenvalue weighted by molar-refractivity contribution is 5.82. The van der Waals surface area contributed by atoms with Gasteiger partial charge in [-0.25, -0.2) is 0 Å². The van der Waals surface area contributed by atoms with Gasteiger partial charge in [0.05, 0.1) is 6.04 Å². The van der Waals surface area contributed by atoms with E-state index >= 15 is 0 Å². The minimum Gasteiger partial charge on any atom is -0.351 e. The molecule has 0 bridgehead atoms. The van der Waals surface area contributed by atoms with Crippen molar-refractivity contribution in [2.45, 2.75) is 46.7 Å². The van der Waals surface area contributed by atoms with Gasteiger partial charge in [0.25, 0.3) is 0 Å². The number of hydrogen-bond donors (Lipinski definition) is 2. The molecule has 1 unspecified atom stereocenters. The summed E-state index contributed by atoms with van der Waals surface area (Å²) in [5.41, 5.74) is 8.08. The Morgan fingerprint density at radius 1 is 1.22 bits per heavy atom. The number of nitrogens with two attached hydrogens (primary N) is 1. The van der Waals surface area contributed by atoms with Gasteiger partial charge >= 0.3 is 0 Å². The molecule has 3 heteroatoms. The Hall–Kier alpha value is -1.35. The lowest BCUT2D eigenvalue weighted by Crippen LogP contribution is -2.48. The maximum absolute atomic E-state index is 11.9. The molecule has 1 atom stereocenters. The lowest BCUT2D eigenvalue weighted by Gasteiger charge is -2.25. The second-order valence-corrected chi connectivity index (χ2v) is 5.73. The van der Waals surface area contributed by atoms with Crippen LogP contribution in [-0.2, 0) is 17.8 Å². The predicted octanol–water partition coefficient (Wildman–Crippen LogP) is 2.24. The molecule has 1 aromatic rings. The molecule has 3 N–H and O–H groups in total. The van der Waals surface area contributed by atoms with Crippen molar-refractivity contribution in [2.24, 2.45) is 11.1 Å². The van der Waals surface area contributed by atoms with Crippen molar-refractivity contribution >= 4 is 5.91 Å². The first kappa shape index (κ1) is 14.7. The summed E-state index contributed by atoms with van der Waals surface area (Å²) in [6.45, 7) is 8.56. The van der Waals surface area contributed by atoms with E-state index in [1.54, 1.807) is 0 Å². The van der Waals surface area contributed by atoms with Crippen molar-refractivity contribution in [3.63, 3.8) is 0 Å². The van der Waals surface area contributed by atoms with Crippen LogP contribution in [-0.4, -0.2) is 11.9 Å². The molecule has 0 spiro atoms. The number of carbonyl (C=O) groups excluding carboxylic acids is 1. The van der Waals surface area contributed by atoms with E-state index in [1.165, 1.54) is 5.56 Å². The van der Waals surface area contributed by atoms with Gasteiger partial charge in [0.2, 0.25) is 5.91 Å². The van der Waals surface area contributed by atoms with Gasteiger partial charge in [-0.3, -0.25) is 4.79 Å². The van der Waals surface area contributed by atoms with E-state index in [0.717, 1.165) is 12.0 Å². The summed E-state index contributed by atoms with van der Waals surface area (Å²) < 4.78 is 0. The van der Waals surface area contributed by atoms with Crippen LogP contribution in [0, 0.1) is 5.41 Å². The molecule has 18 heavy (non-hydrogen) atoms. The van der Waals surface area contributed by atoms with E-state index < -0.39 is 6.04 Å². The minimum absolute atomic E-state index is 0.0953. The van der Waals surface area contributed by atoms with Crippen LogP contribution in [0.1, 0.15) is 38.8 Å². The second kappa shape index (κ2) is 6.01. The SMILES string of the molecule is CCc1ccc(CNC(=O)C(N)C(C)(C)C)cc1. The summed E-state index contributed by atoms with van der Waals surface area (Å²) in [4.78, 5) is 11.9. The topological polar surface area (TPSA) is 55.1 Å². The fraction of sp³-hybridized carbons (Fsp3) is 0.533. The van der Waals surface area contributed by atoms with Crippen molar-refractivity contribution in [2.75, 3.05) is 0 Å². The summed E-state index contributed by atoms with van der Waals surface area (Å²) in [5.74, 6) is -0.0953. The zero-order valence-corrected chi connectivity index (χ0v) is 11.8. The van der Waals surface area contributed by atoms with Crippen LogP contribution >= 0.6 is 0 Å². The van der Waals surface area contributed by atoms with Crippen molar-refractivity contribution < 1.29 is 4.79 Å². The van der Waals surface area contributed by atoms with E-state index in [1.807, 2.05) is 32.9 Å². The molecule has 0 saturated heterocycles. The lowest BCUT2D eigenvalue weighted by atomic mass is 9.87. The molecule has 3 nitrogen and oxygen atoms in total. The third-order valence-electron chi connectivity index (χ3n) is 3.11. The van der Waals surface area contributed by atoms with Crippen LogP contribution in [0.3, 0.4) is 0 Å². The Morgan fingerprint density at radius 3 is 2.17 bits per heavy atom. The number of carbonyl (C=O) groups is 1. The normalized spacial score (nSPS) is 13.2. The summed E-state index contributed by atoms with van der Waals surface area (Å²) in [7, 11) is 0. The Kier molecular flexibility index (Phi) is 4.91. The first-order valence-electron chi connectivity index (χ1n) is 6.45. The molecule has 0 saturated carbocycles. The first-order chi connectivity index (χ1) is 8.34. The van der Waals surface area contributed by atoms with Crippen LogP contribution in [0.5, 0.6) is 0 Å². The zero-order chi connectivity index (χ0) is 13.8. The molecule has 100 valence electrons. The van der Waals surface area contributed by atoms with Gasteiger partial charge in [-0.2, -0.15) is 0 Å². The Labute approximate surface area is 110 Å². The molecule has 1 aromatic carbocycles. The van der Waals surface area contributed by atoms with E-state index in [2.05, 4.69) is 24.4 Å². The molecule has 0 aromatic heterocycles. The number of benzene rings is 1. The van der Waals surface area contributed by atoms with Gasteiger partial charge in [0, 0.05) is 6.54 Å². The summed E-state index contributed by atoms with van der Waals surface area (Å²) in [6, 6.07) is 7.78. The monoisotopic (exact) mass is 248 g/mol. The van der Waals surface area contributed by atoms with Gasteiger partial charge < -0.3 is 11.1 Å². The van der Waals surface area contributed by atoms with Crippen molar-refractivity contribution in [3.05, 3.63) is 35.4 Å². The molecule has 1 rings (SSSR count). The van der Waals surface area contributed by atoms with Crippen LogP contribution in [0.2, 0.25) is 0 Å². The maximum Gasteiger partial charge on any atom is 0.237 e. The van der Waals surface area contributed by atoms with E-state index in [-0.39, 0.29) is 11.3 Å². The summed E-state index contributed by atoms with van der Waals surface area (Å²) >= 11 is 0. The average molecular weight is 248 g/mol. The molecule has 0 aliphatic carbocycles. The fourth-order valence-corrected chi connectivity index (χ4v) is 1.59. The van der Waals surface area contributed by atoms with Crippen LogP contribution in [0.25, 0.3) is 0 Å². The Bertz CT molecular complexity index is 390. The molecule has 0 fully saturated rings. The number of aryl methyl sites for hydroxylation is 1. The van der Waals surface area contributed by atoms with Crippen LogP contribution in [0.15, 0.2) is 24.3 Å². The standard InChI is InChI=1S/C15H24N2O/c1-5-11-6-8-12(9-7-11)10-17-14(18)13(16)15(2,3)4/h6-9,13H,5,10,16H2,1-4H3,(H,17,18). The highest BCUT2D eigenvalue weighted by atomic mass is 16.2. The third kappa shape index (κ3) is 4.15. The lowest BCUT2D eigenvalue weighted by molar-refractivity contribution is -0.124. The molecule has 0 aliphatic rings. The second-order valence-electron chi connectivity index (χ2n) is 5.73. The van der Waals surface area contributed by atoms with E-state index in [4.69, 9.17) is 5.73 Å². The molecule has 1 amide bonds. The zero-order valence-electron chi connectivity index (χ0n) is 11.8. The number of nitrogens with one attached hydrogen (secondary N) is 1. The predicted molar refractivity (Wildman–Crippen MR) is 75.1 cm³/mol. The number of amides is 1. The van der Waals surface area contributed by atoms with Gasteiger partial charge in [-0.05, 0) is 23.0 Å². The van der Waals surface area contributed by atoms with E-state index in [0.29, 0.717) is 6.54 Å². The van der Waals surface area contributed by atoms with Crippen LogP contribution in [0.4, 0.5) is 0 Å².